The lowest BCUT2D eigenvalue weighted by molar-refractivity contribution is -0.117. The van der Waals surface area contributed by atoms with Crippen LogP contribution in [0.1, 0.15) is 24.8 Å². The van der Waals surface area contributed by atoms with E-state index in [-0.39, 0.29) is 17.8 Å². The van der Waals surface area contributed by atoms with E-state index in [4.69, 9.17) is 4.74 Å². The predicted octanol–water partition coefficient (Wildman–Crippen LogP) is 4.41. The van der Waals surface area contributed by atoms with Gasteiger partial charge >= 0.3 is 6.61 Å². The Kier molecular flexibility index (Phi) is 5.39. The molecule has 0 radical (unpaired) electrons. The fourth-order valence-corrected chi connectivity index (χ4v) is 4.00. The van der Waals surface area contributed by atoms with E-state index in [2.05, 4.69) is 27.9 Å². The van der Waals surface area contributed by atoms with Gasteiger partial charge in [-0.15, -0.1) is 0 Å². The third-order valence-electron chi connectivity index (χ3n) is 5.33. The molecular weight excluding hydrogens is 390 g/mol. The minimum absolute atomic E-state index is 0.00978. The number of pyridine rings is 1. The van der Waals surface area contributed by atoms with Gasteiger partial charge in [-0.3, -0.25) is 4.79 Å². The van der Waals surface area contributed by atoms with E-state index in [0.29, 0.717) is 17.6 Å². The number of hydrogen-bond acceptors (Lipinski definition) is 3. The lowest BCUT2D eigenvalue weighted by atomic mass is 9.88. The van der Waals surface area contributed by atoms with Crippen molar-refractivity contribution in [3.8, 4) is 17.0 Å². The van der Waals surface area contributed by atoms with Crippen LogP contribution in [0.2, 0.25) is 0 Å². The fraction of sp³-hybridized carbons (Fsp3) is 0.273. The molecule has 3 aromatic rings. The zero-order chi connectivity index (χ0) is 21.3. The molecule has 6 nitrogen and oxygen atoms in total. The quantitative estimate of drug-likeness (QED) is 0.589. The molecule has 156 valence electrons. The summed E-state index contributed by atoms with van der Waals surface area (Å²) in [4.78, 5) is 19.3. The zero-order valence-corrected chi connectivity index (χ0v) is 16.5. The minimum Gasteiger partial charge on any atom is -0.418 e. The number of aromatic amines is 1. The summed E-state index contributed by atoms with van der Waals surface area (Å²) in [5.74, 6) is -0.101. The average molecular weight is 412 g/mol. The highest BCUT2D eigenvalue weighted by atomic mass is 19.3. The Balaban J connectivity index is 1.77. The monoisotopic (exact) mass is 412 g/mol. The van der Waals surface area contributed by atoms with Crippen LogP contribution in [0, 0.1) is 0 Å². The topological polar surface area (TPSA) is 71.9 Å². The second-order valence-electron chi connectivity index (χ2n) is 7.23. The first-order valence-corrected chi connectivity index (χ1v) is 9.67. The van der Waals surface area contributed by atoms with Gasteiger partial charge in [0.15, 0.2) is 0 Å². The van der Waals surface area contributed by atoms with Crippen LogP contribution in [0.5, 0.6) is 5.88 Å². The largest absolute Gasteiger partial charge is 0.418 e. The molecule has 0 spiro atoms. The van der Waals surface area contributed by atoms with Crippen LogP contribution in [0.15, 0.2) is 49.5 Å². The van der Waals surface area contributed by atoms with Crippen LogP contribution in [0.3, 0.4) is 0 Å². The maximum absolute atomic E-state index is 13.0. The normalized spacial score (nSPS) is 16.5. The molecule has 0 aromatic carbocycles. The van der Waals surface area contributed by atoms with Gasteiger partial charge in [-0.25, -0.2) is 4.98 Å². The Morgan fingerprint density at radius 2 is 2.23 bits per heavy atom. The van der Waals surface area contributed by atoms with E-state index < -0.39 is 6.61 Å². The van der Waals surface area contributed by atoms with Gasteiger partial charge in [-0.05, 0) is 48.6 Å². The van der Waals surface area contributed by atoms with Gasteiger partial charge in [-0.1, -0.05) is 12.7 Å². The summed E-state index contributed by atoms with van der Waals surface area (Å²) >= 11 is 0. The second kappa shape index (κ2) is 8.14. The first-order chi connectivity index (χ1) is 14.5. The molecule has 30 heavy (non-hydrogen) atoms. The third kappa shape index (κ3) is 3.72. The molecule has 1 aliphatic carbocycles. The summed E-state index contributed by atoms with van der Waals surface area (Å²) in [5.41, 5.74) is 4.00. The SMILES string of the molecule is C=CC(=O)NC1CCC=C(c2ccnc3[nH]cc(-c4ccn(C)c4OC(F)F)c23)C1. The molecule has 0 saturated heterocycles. The summed E-state index contributed by atoms with van der Waals surface area (Å²) in [6.45, 7) is 0.586. The van der Waals surface area contributed by atoms with Crippen molar-refractivity contribution in [2.24, 2.45) is 7.05 Å². The number of hydrogen-bond donors (Lipinski definition) is 2. The Bertz CT molecular complexity index is 1130. The van der Waals surface area contributed by atoms with Crippen LogP contribution in [0.4, 0.5) is 8.78 Å². The molecule has 1 unspecified atom stereocenters. The molecule has 3 heterocycles. The summed E-state index contributed by atoms with van der Waals surface area (Å²) in [6, 6.07) is 3.68. The van der Waals surface area contributed by atoms with Crippen LogP contribution in [0.25, 0.3) is 27.7 Å². The Morgan fingerprint density at radius 1 is 1.40 bits per heavy atom. The van der Waals surface area contributed by atoms with Gasteiger partial charge < -0.3 is 19.6 Å². The second-order valence-corrected chi connectivity index (χ2v) is 7.23. The van der Waals surface area contributed by atoms with E-state index in [1.807, 2.05) is 6.07 Å². The average Bonchev–Trinajstić information content (AvgIpc) is 3.31. The maximum Gasteiger partial charge on any atom is 0.388 e. The van der Waals surface area contributed by atoms with Crippen LogP contribution < -0.4 is 10.1 Å². The molecule has 4 rings (SSSR count). The van der Waals surface area contributed by atoms with E-state index in [0.717, 1.165) is 34.9 Å². The van der Waals surface area contributed by atoms with Crippen molar-refractivity contribution in [2.75, 3.05) is 0 Å². The molecule has 3 aromatic heterocycles. The smallest absolute Gasteiger partial charge is 0.388 e. The standard InChI is InChI=1S/C22H22F2N4O2/c1-3-18(29)27-14-6-4-5-13(11-14)15-7-9-25-20-19(15)17(12-26-20)16-8-10-28(2)21(16)30-22(23)24/h3,5,7-10,12,14,22H,1,4,6,11H2,2H3,(H,25,26)(H,27,29). The van der Waals surface area contributed by atoms with Gasteiger partial charge in [0.1, 0.15) is 5.65 Å². The number of ether oxygens (including phenoxy) is 1. The molecular formula is C22H22F2N4O2. The number of aromatic nitrogens is 3. The molecule has 1 aliphatic rings. The molecule has 0 bridgehead atoms. The lowest BCUT2D eigenvalue weighted by Crippen LogP contribution is -2.34. The van der Waals surface area contributed by atoms with Crippen molar-refractivity contribution in [2.45, 2.75) is 31.9 Å². The zero-order valence-electron chi connectivity index (χ0n) is 16.5. The molecule has 1 atom stereocenters. The van der Waals surface area contributed by atoms with Crippen molar-refractivity contribution in [3.05, 3.63) is 55.0 Å². The summed E-state index contributed by atoms with van der Waals surface area (Å²) in [6.07, 6.45) is 10.9. The molecule has 2 N–H and O–H groups in total. The van der Waals surface area contributed by atoms with E-state index >= 15 is 0 Å². The maximum atomic E-state index is 13.0. The number of allylic oxidation sites excluding steroid dienone is 1. The number of carbonyl (C=O) groups excluding carboxylic acids is 1. The van der Waals surface area contributed by atoms with Crippen LogP contribution in [-0.4, -0.2) is 33.1 Å². The van der Waals surface area contributed by atoms with E-state index in [9.17, 15) is 13.6 Å². The number of H-pyrrole nitrogens is 1. The van der Waals surface area contributed by atoms with Crippen molar-refractivity contribution < 1.29 is 18.3 Å². The minimum atomic E-state index is -2.92. The van der Waals surface area contributed by atoms with Gasteiger partial charge in [0.2, 0.25) is 11.8 Å². The highest BCUT2D eigenvalue weighted by molar-refractivity contribution is 6.02. The molecule has 0 saturated carbocycles. The highest BCUT2D eigenvalue weighted by Crippen LogP contribution is 2.40. The summed E-state index contributed by atoms with van der Waals surface area (Å²) < 4.78 is 32.2. The van der Waals surface area contributed by atoms with Gasteiger partial charge in [0.05, 0.1) is 0 Å². The Morgan fingerprint density at radius 3 is 3.00 bits per heavy atom. The predicted molar refractivity (Wildman–Crippen MR) is 111 cm³/mol. The Labute approximate surface area is 172 Å². The number of alkyl halides is 2. The first kappa shape index (κ1) is 19.9. The summed E-state index contributed by atoms with van der Waals surface area (Å²) in [5, 5.41) is 3.80. The molecule has 8 heteroatoms. The van der Waals surface area contributed by atoms with Gasteiger partial charge in [0.25, 0.3) is 0 Å². The molecule has 1 amide bonds. The molecule has 0 fully saturated rings. The first-order valence-electron chi connectivity index (χ1n) is 9.67. The van der Waals surface area contributed by atoms with Crippen molar-refractivity contribution >= 4 is 22.5 Å². The van der Waals surface area contributed by atoms with Crippen molar-refractivity contribution in [1.82, 2.24) is 19.9 Å². The lowest BCUT2D eigenvalue weighted by Gasteiger charge is -2.24. The third-order valence-corrected chi connectivity index (χ3v) is 5.33. The number of carbonyl (C=O) groups is 1. The van der Waals surface area contributed by atoms with Crippen molar-refractivity contribution in [1.29, 1.82) is 0 Å². The number of fused-ring (bicyclic) bond motifs is 1. The number of rotatable bonds is 6. The van der Waals surface area contributed by atoms with Crippen LogP contribution in [-0.2, 0) is 11.8 Å². The van der Waals surface area contributed by atoms with Gasteiger partial charge in [-0.2, -0.15) is 8.78 Å². The fourth-order valence-electron chi connectivity index (χ4n) is 4.00. The Hall–Kier alpha value is -3.42. The van der Waals surface area contributed by atoms with E-state index in [1.165, 1.54) is 10.6 Å². The highest BCUT2D eigenvalue weighted by Gasteiger charge is 2.23. The number of nitrogens with zero attached hydrogens (tertiary/aromatic N) is 2. The van der Waals surface area contributed by atoms with Crippen LogP contribution >= 0.6 is 0 Å². The number of amides is 1. The number of nitrogens with one attached hydrogen (secondary N) is 2. The molecule has 0 aliphatic heterocycles. The number of aryl methyl sites for hydroxylation is 1. The van der Waals surface area contributed by atoms with Crippen molar-refractivity contribution in [3.63, 3.8) is 0 Å². The number of halogens is 2. The van der Waals surface area contributed by atoms with Gasteiger partial charge in [0, 0.05) is 48.2 Å². The van der Waals surface area contributed by atoms with E-state index in [1.54, 1.807) is 31.7 Å². The summed E-state index contributed by atoms with van der Waals surface area (Å²) in [7, 11) is 1.66.